The number of carbonyl (C=O) groups is 1. The zero-order valence-electron chi connectivity index (χ0n) is 17.7. The van der Waals surface area contributed by atoms with E-state index in [2.05, 4.69) is 15.5 Å². The molecule has 0 aliphatic carbocycles. The second-order valence-electron chi connectivity index (χ2n) is 7.52. The molecule has 1 heterocycles. The van der Waals surface area contributed by atoms with Crippen molar-refractivity contribution in [2.45, 2.75) is 30.6 Å². The number of amides is 2. The molecule has 170 valence electrons. The summed E-state index contributed by atoms with van der Waals surface area (Å²) in [6.07, 6.45) is 3.55. The van der Waals surface area contributed by atoms with Crippen molar-refractivity contribution in [2.75, 3.05) is 18.9 Å². The Hall–Kier alpha value is -3.24. The summed E-state index contributed by atoms with van der Waals surface area (Å²) in [5.41, 5.74) is 3.15. The number of halogens is 1. The smallest absolute Gasteiger partial charge is 0.321 e. The molecule has 0 fully saturated rings. The maximum absolute atomic E-state index is 13.0. The van der Waals surface area contributed by atoms with Crippen molar-refractivity contribution in [3.8, 4) is 11.3 Å². The van der Waals surface area contributed by atoms with Crippen LogP contribution in [-0.4, -0.2) is 43.1 Å². The third kappa shape index (κ3) is 6.63. The van der Waals surface area contributed by atoms with E-state index in [1.54, 1.807) is 24.1 Å². The highest BCUT2D eigenvalue weighted by Gasteiger charge is 2.11. The van der Waals surface area contributed by atoms with E-state index in [1.165, 1.54) is 36.4 Å². The van der Waals surface area contributed by atoms with Gasteiger partial charge in [-0.25, -0.2) is 22.7 Å². The summed E-state index contributed by atoms with van der Waals surface area (Å²) in [5.74, 6) is -0.275. The minimum Gasteiger partial charge on any atom is -0.328 e. The van der Waals surface area contributed by atoms with E-state index in [4.69, 9.17) is 5.14 Å². The Kier molecular flexibility index (Phi) is 7.60. The Bertz CT molecular complexity index is 1150. The molecule has 0 saturated heterocycles. The molecule has 0 spiro atoms. The number of benzene rings is 2. The first-order valence-electron chi connectivity index (χ1n) is 10.2. The highest BCUT2D eigenvalue weighted by molar-refractivity contribution is 7.89. The number of aryl methyl sites for hydroxylation is 1. The van der Waals surface area contributed by atoms with Gasteiger partial charge in [0.15, 0.2) is 0 Å². The summed E-state index contributed by atoms with van der Waals surface area (Å²) in [6, 6.07) is 13.6. The third-order valence-corrected chi connectivity index (χ3v) is 5.92. The molecule has 0 radical (unpaired) electrons. The van der Waals surface area contributed by atoms with Gasteiger partial charge in [0.25, 0.3) is 0 Å². The fourth-order valence-electron chi connectivity index (χ4n) is 3.15. The summed E-state index contributed by atoms with van der Waals surface area (Å²) >= 11 is 0. The minimum absolute atomic E-state index is 0.00842. The van der Waals surface area contributed by atoms with Crippen LogP contribution in [-0.2, 0) is 16.4 Å². The maximum atomic E-state index is 13.0. The fraction of sp³-hybridized carbons (Fsp3) is 0.273. The number of unbranched alkanes of at least 4 members (excludes halogenated alkanes) is 2. The van der Waals surface area contributed by atoms with Gasteiger partial charge in [-0.1, -0.05) is 6.42 Å². The zero-order valence-corrected chi connectivity index (χ0v) is 18.5. The van der Waals surface area contributed by atoms with Crippen LogP contribution in [0.15, 0.2) is 59.5 Å². The van der Waals surface area contributed by atoms with Gasteiger partial charge in [-0.2, -0.15) is 5.10 Å². The molecule has 3 aromatic rings. The number of anilines is 1. The quantitative estimate of drug-likeness (QED) is 0.422. The molecule has 10 heteroatoms. The molecular formula is C22H26FN5O3S. The number of hydrogen-bond acceptors (Lipinski definition) is 4. The largest absolute Gasteiger partial charge is 0.328 e. The first kappa shape index (κ1) is 23.4. The summed E-state index contributed by atoms with van der Waals surface area (Å²) in [6.45, 7) is 0.588. The summed E-state index contributed by atoms with van der Waals surface area (Å²) in [7, 11) is -2.05. The van der Waals surface area contributed by atoms with Gasteiger partial charge in [-0.15, -0.1) is 0 Å². The third-order valence-electron chi connectivity index (χ3n) is 4.99. The Morgan fingerprint density at radius 1 is 1.09 bits per heavy atom. The van der Waals surface area contributed by atoms with E-state index in [9.17, 15) is 17.6 Å². The van der Waals surface area contributed by atoms with Gasteiger partial charge in [-0.05, 0) is 73.9 Å². The highest BCUT2D eigenvalue weighted by Crippen LogP contribution is 2.19. The number of aromatic nitrogens is 2. The monoisotopic (exact) mass is 459 g/mol. The van der Waals surface area contributed by atoms with Crippen LogP contribution >= 0.6 is 0 Å². The molecule has 3 rings (SSSR count). The number of rotatable bonds is 9. The number of nitrogens with zero attached hydrogens (tertiary/aromatic N) is 2. The van der Waals surface area contributed by atoms with Crippen LogP contribution in [0.3, 0.4) is 0 Å². The van der Waals surface area contributed by atoms with Crippen LogP contribution in [0.25, 0.3) is 11.3 Å². The van der Waals surface area contributed by atoms with E-state index < -0.39 is 10.0 Å². The Morgan fingerprint density at radius 3 is 2.44 bits per heavy atom. The number of sulfonamides is 1. The molecule has 32 heavy (non-hydrogen) atoms. The van der Waals surface area contributed by atoms with Gasteiger partial charge in [-0.3, -0.25) is 5.10 Å². The van der Waals surface area contributed by atoms with Crippen molar-refractivity contribution in [3.05, 3.63) is 66.1 Å². The van der Waals surface area contributed by atoms with E-state index in [0.717, 1.165) is 42.6 Å². The molecule has 0 aliphatic heterocycles. The number of hydrogen-bond donors (Lipinski definition) is 3. The number of nitrogens with two attached hydrogens (primary N) is 1. The van der Waals surface area contributed by atoms with Gasteiger partial charge in [0.05, 0.1) is 10.6 Å². The standard InChI is InChI=1S/C22H26FN5O3S/c1-28(22(29)25-18-10-12-20(13-11-18)32(24,30)31)14-4-2-3-5-19-15-21(27-26-19)16-6-8-17(23)9-7-16/h6-13,15H,2-5,14H2,1H3,(H,25,29)(H,26,27)(H2,24,30,31). The molecule has 0 bridgehead atoms. The van der Waals surface area contributed by atoms with E-state index in [-0.39, 0.29) is 16.7 Å². The molecule has 0 aliphatic rings. The van der Waals surface area contributed by atoms with Crippen LogP contribution in [0, 0.1) is 5.82 Å². The van der Waals surface area contributed by atoms with E-state index in [1.807, 2.05) is 6.07 Å². The molecule has 2 aromatic carbocycles. The number of carbonyl (C=O) groups excluding carboxylic acids is 1. The summed E-state index contributed by atoms with van der Waals surface area (Å²) in [5, 5.41) is 15.1. The number of H-pyrrole nitrogens is 1. The molecule has 0 unspecified atom stereocenters. The average Bonchev–Trinajstić information content (AvgIpc) is 3.22. The second-order valence-corrected chi connectivity index (χ2v) is 9.08. The van der Waals surface area contributed by atoms with E-state index in [0.29, 0.717) is 12.2 Å². The Balaban J connectivity index is 1.37. The van der Waals surface area contributed by atoms with Gasteiger partial charge >= 0.3 is 6.03 Å². The molecular weight excluding hydrogens is 433 g/mol. The SMILES string of the molecule is CN(CCCCCc1cc(-c2ccc(F)cc2)n[nH]1)C(=O)Nc1ccc(S(N)(=O)=O)cc1. The van der Waals surface area contributed by atoms with Crippen molar-refractivity contribution < 1.29 is 17.6 Å². The van der Waals surface area contributed by atoms with Crippen LogP contribution < -0.4 is 10.5 Å². The predicted molar refractivity (Wildman–Crippen MR) is 121 cm³/mol. The Labute approximate surface area is 186 Å². The zero-order chi connectivity index (χ0) is 23.1. The summed E-state index contributed by atoms with van der Waals surface area (Å²) < 4.78 is 35.6. The van der Waals surface area contributed by atoms with Gasteiger partial charge in [0.2, 0.25) is 10.0 Å². The minimum atomic E-state index is -3.76. The van der Waals surface area contributed by atoms with Crippen molar-refractivity contribution >= 4 is 21.7 Å². The fourth-order valence-corrected chi connectivity index (χ4v) is 3.66. The maximum Gasteiger partial charge on any atom is 0.321 e. The van der Waals surface area contributed by atoms with Crippen LogP contribution in [0.4, 0.5) is 14.9 Å². The van der Waals surface area contributed by atoms with Crippen LogP contribution in [0.5, 0.6) is 0 Å². The normalized spacial score (nSPS) is 11.3. The predicted octanol–water partition coefficient (Wildman–Crippen LogP) is 3.74. The van der Waals surface area contributed by atoms with Crippen molar-refractivity contribution in [1.82, 2.24) is 15.1 Å². The first-order chi connectivity index (χ1) is 15.2. The highest BCUT2D eigenvalue weighted by atomic mass is 32.2. The Morgan fingerprint density at radius 2 is 1.78 bits per heavy atom. The molecule has 0 saturated carbocycles. The lowest BCUT2D eigenvalue weighted by Gasteiger charge is -2.18. The first-order valence-corrected chi connectivity index (χ1v) is 11.7. The van der Waals surface area contributed by atoms with Crippen molar-refractivity contribution in [1.29, 1.82) is 0 Å². The number of urea groups is 1. The molecule has 4 N–H and O–H groups in total. The van der Waals surface area contributed by atoms with Crippen LogP contribution in [0.2, 0.25) is 0 Å². The lowest BCUT2D eigenvalue weighted by atomic mass is 10.1. The topological polar surface area (TPSA) is 121 Å². The lowest BCUT2D eigenvalue weighted by molar-refractivity contribution is 0.221. The van der Waals surface area contributed by atoms with Gasteiger partial charge in [0, 0.05) is 30.5 Å². The van der Waals surface area contributed by atoms with E-state index >= 15 is 0 Å². The van der Waals surface area contributed by atoms with Gasteiger partial charge in [0.1, 0.15) is 5.82 Å². The number of nitrogens with one attached hydrogen (secondary N) is 2. The number of primary sulfonamides is 1. The van der Waals surface area contributed by atoms with Crippen molar-refractivity contribution in [3.63, 3.8) is 0 Å². The molecule has 0 atom stereocenters. The summed E-state index contributed by atoms with van der Waals surface area (Å²) in [4.78, 5) is 13.8. The van der Waals surface area contributed by atoms with Crippen LogP contribution in [0.1, 0.15) is 25.0 Å². The van der Waals surface area contributed by atoms with Crippen molar-refractivity contribution in [2.24, 2.45) is 5.14 Å². The molecule has 1 aromatic heterocycles. The van der Waals surface area contributed by atoms with Gasteiger partial charge < -0.3 is 10.2 Å². The lowest BCUT2D eigenvalue weighted by Crippen LogP contribution is -2.32. The number of aromatic amines is 1. The molecule has 2 amide bonds. The average molecular weight is 460 g/mol. The second kappa shape index (κ2) is 10.4. The molecule has 8 nitrogen and oxygen atoms in total.